The van der Waals surface area contributed by atoms with Crippen LogP contribution in [0.4, 0.5) is 13.2 Å². The van der Waals surface area contributed by atoms with Crippen LogP contribution in [0.2, 0.25) is 0 Å². The molecule has 1 saturated carbocycles. The zero-order valence-corrected chi connectivity index (χ0v) is 14.6. The molecule has 1 fully saturated rings. The third-order valence-electron chi connectivity index (χ3n) is 4.37. The molecular weight excluding hydrogens is 375 g/mol. The minimum absolute atomic E-state index is 0.0737. The molecule has 0 unspecified atom stereocenters. The summed E-state index contributed by atoms with van der Waals surface area (Å²) in [6.07, 6.45) is 1.62. The number of ether oxygens (including phenoxy) is 1. The van der Waals surface area contributed by atoms with Gasteiger partial charge in [-0.1, -0.05) is 0 Å². The molecule has 146 valence electrons. The van der Waals surface area contributed by atoms with Gasteiger partial charge in [0.2, 0.25) is 5.69 Å². The molecule has 0 spiro atoms. The van der Waals surface area contributed by atoms with Gasteiger partial charge in [0.15, 0.2) is 0 Å². The molecule has 2 aromatic rings. The Hall–Kier alpha value is -3.22. The summed E-state index contributed by atoms with van der Waals surface area (Å²) in [5.41, 5.74) is -0.847. The van der Waals surface area contributed by atoms with Gasteiger partial charge in [-0.15, -0.1) is 0 Å². The average Bonchev–Trinajstić information content (AvgIpc) is 2.69. The Morgan fingerprint density at radius 3 is 2.46 bits per heavy atom. The Kier molecular flexibility index (Phi) is 5.73. The number of pyridine rings is 1. The number of nitrogens with zero attached hydrogens (tertiary/aromatic N) is 4. The van der Waals surface area contributed by atoms with Crippen LogP contribution in [0.15, 0.2) is 30.7 Å². The molecule has 1 N–H and O–H groups in total. The van der Waals surface area contributed by atoms with E-state index in [1.54, 1.807) is 0 Å². The number of alkyl halides is 3. The van der Waals surface area contributed by atoms with Crippen LogP contribution in [0.5, 0.6) is 5.88 Å². The van der Waals surface area contributed by atoms with Crippen LogP contribution >= 0.6 is 0 Å². The number of nitriles is 1. The van der Waals surface area contributed by atoms with Crippen LogP contribution in [-0.2, 0) is 6.18 Å². The Balaban J connectivity index is 1.51. The zero-order chi connectivity index (χ0) is 20.1. The van der Waals surface area contributed by atoms with Crippen LogP contribution in [0.3, 0.4) is 0 Å². The molecule has 28 heavy (non-hydrogen) atoms. The number of nitrogens with one attached hydrogen (secondary N) is 1. The number of amides is 1. The molecular formula is C18H16F3N5O2. The summed E-state index contributed by atoms with van der Waals surface area (Å²) in [5.74, 6) is -0.278. The molecule has 3 rings (SSSR count). The molecule has 0 atom stereocenters. The second kappa shape index (κ2) is 8.21. The smallest absolute Gasteiger partial charge is 0.433 e. The van der Waals surface area contributed by atoms with E-state index in [0.29, 0.717) is 25.7 Å². The quantitative estimate of drug-likeness (QED) is 0.860. The first-order valence-corrected chi connectivity index (χ1v) is 8.58. The van der Waals surface area contributed by atoms with E-state index in [1.165, 1.54) is 12.4 Å². The summed E-state index contributed by atoms with van der Waals surface area (Å²) in [5, 5.41) is 11.8. The van der Waals surface area contributed by atoms with Crippen molar-refractivity contribution in [3.63, 3.8) is 0 Å². The standard InChI is InChI=1S/C18H16F3N5O2/c19-18(20,21)15-6-1-11(10-25-15)16(27)26-12-2-4-13(5-3-12)28-17-14(9-22)23-7-8-24-17/h1,6-8,10,12-13H,2-5H2,(H,26,27). The van der Waals surface area contributed by atoms with E-state index < -0.39 is 17.8 Å². The fourth-order valence-corrected chi connectivity index (χ4v) is 2.94. The largest absolute Gasteiger partial charge is 0.472 e. The fourth-order valence-electron chi connectivity index (χ4n) is 2.94. The summed E-state index contributed by atoms with van der Waals surface area (Å²) in [6.45, 7) is 0. The van der Waals surface area contributed by atoms with Gasteiger partial charge < -0.3 is 10.1 Å². The Labute approximate surface area is 158 Å². The number of hydrogen-bond acceptors (Lipinski definition) is 6. The topological polar surface area (TPSA) is 101 Å². The predicted molar refractivity (Wildman–Crippen MR) is 90.1 cm³/mol. The van der Waals surface area contributed by atoms with Gasteiger partial charge in [-0.3, -0.25) is 9.78 Å². The van der Waals surface area contributed by atoms with E-state index in [1.807, 2.05) is 6.07 Å². The first-order chi connectivity index (χ1) is 13.4. The van der Waals surface area contributed by atoms with Gasteiger partial charge in [-0.25, -0.2) is 9.97 Å². The van der Waals surface area contributed by atoms with Crippen molar-refractivity contribution in [2.24, 2.45) is 0 Å². The van der Waals surface area contributed by atoms with Crippen molar-refractivity contribution < 1.29 is 22.7 Å². The number of aromatic nitrogens is 3. The van der Waals surface area contributed by atoms with Crippen LogP contribution in [0.25, 0.3) is 0 Å². The third kappa shape index (κ3) is 4.73. The van der Waals surface area contributed by atoms with Gasteiger partial charge in [0.05, 0.1) is 5.56 Å². The molecule has 1 aliphatic rings. The van der Waals surface area contributed by atoms with Gasteiger partial charge in [-0.05, 0) is 37.8 Å². The van der Waals surface area contributed by atoms with E-state index in [4.69, 9.17) is 10.00 Å². The monoisotopic (exact) mass is 391 g/mol. The summed E-state index contributed by atoms with van der Waals surface area (Å²) < 4.78 is 43.3. The SMILES string of the molecule is N#Cc1nccnc1OC1CCC(NC(=O)c2ccc(C(F)(F)F)nc2)CC1. The van der Waals surface area contributed by atoms with Gasteiger partial charge in [0.1, 0.15) is 17.9 Å². The Morgan fingerprint density at radius 2 is 1.86 bits per heavy atom. The maximum atomic E-state index is 12.5. The normalized spacial score (nSPS) is 19.5. The zero-order valence-electron chi connectivity index (χ0n) is 14.6. The lowest BCUT2D eigenvalue weighted by atomic mass is 9.92. The lowest BCUT2D eigenvalue weighted by Crippen LogP contribution is -2.39. The highest BCUT2D eigenvalue weighted by molar-refractivity contribution is 5.94. The second-order valence-electron chi connectivity index (χ2n) is 6.32. The summed E-state index contributed by atoms with van der Waals surface area (Å²) >= 11 is 0. The minimum atomic E-state index is -4.54. The molecule has 7 nitrogen and oxygen atoms in total. The lowest BCUT2D eigenvalue weighted by Gasteiger charge is -2.29. The summed E-state index contributed by atoms with van der Waals surface area (Å²) in [7, 11) is 0. The van der Waals surface area contributed by atoms with E-state index in [0.717, 1.165) is 18.3 Å². The maximum Gasteiger partial charge on any atom is 0.433 e. The van der Waals surface area contributed by atoms with Gasteiger partial charge in [-0.2, -0.15) is 18.4 Å². The summed E-state index contributed by atoms with van der Waals surface area (Å²) in [4.78, 5) is 23.4. The van der Waals surface area contributed by atoms with E-state index in [2.05, 4.69) is 20.3 Å². The summed E-state index contributed by atoms with van der Waals surface area (Å²) in [6, 6.07) is 3.69. The second-order valence-corrected chi connectivity index (χ2v) is 6.32. The number of carbonyl (C=O) groups is 1. The average molecular weight is 391 g/mol. The van der Waals surface area contributed by atoms with Crippen LogP contribution in [0, 0.1) is 11.3 Å². The first-order valence-electron chi connectivity index (χ1n) is 8.58. The molecule has 0 saturated heterocycles. The van der Waals surface area contributed by atoms with Gasteiger partial charge in [0, 0.05) is 24.6 Å². The maximum absolute atomic E-state index is 12.5. The third-order valence-corrected chi connectivity index (χ3v) is 4.37. The van der Waals surface area contributed by atoms with Crippen molar-refractivity contribution in [1.29, 1.82) is 5.26 Å². The number of halogens is 3. The Morgan fingerprint density at radius 1 is 1.14 bits per heavy atom. The van der Waals surface area contributed by atoms with Crippen LogP contribution in [-0.4, -0.2) is 33.0 Å². The van der Waals surface area contributed by atoms with Crippen molar-refractivity contribution in [2.75, 3.05) is 0 Å². The lowest BCUT2D eigenvalue weighted by molar-refractivity contribution is -0.141. The predicted octanol–water partition coefficient (Wildman–Crippen LogP) is 2.88. The van der Waals surface area contributed by atoms with Crippen molar-refractivity contribution in [3.05, 3.63) is 47.7 Å². The Bertz CT molecular complexity index is 872. The molecule has 2 aromatic heterocycles. The highest BCUT2D eigenvalue weighted by atomic mass is 19.4. The molecule has 2 heterocycles. The molecule has 10 heteroatoms. The van der Waals surface area contributed by atoms with Gasteiger partial charge >= 0.3 is 6.18 Å². The fraction of sp³-hybridized carbons (Fsp3) is 0.389. The number of carbonyl (C=O) groups excluding carboxylic acids is 1. The molecule has 1 aliphatic carbocycles. The van der Waals surface area contributed by atoms with E-state index in [-0.39, 0.29) is 29.3 Å². The van der Waals surface area contributed by atoms with Crippen LogP contribution < -0.4 is 10.1 Å². The van der Waals surface area contributed by atoms with Crippen molar-refractivity contribution in [2.45, 2.75) is 44.0 Å². The van der Waals surface area contributed by atoms with Gasteiger partial charge in [0.25, 0.3) is 11.8 Å². The van der Waals surface area contributed by atoms with E-state index >= 15 is 0 Å². The molecule has 0 aromatic carbocycles. The van der Waals surface area contributed by atoms with Crippen molar-refractivity contribution in [3.8, 4) is 11.9 Å². The van der Waals surface area contributed by atoms with E-state index in [9.17, 15) is 18.0 Å². The van der Waals surface area contributed by atoms with Crippen LogP contribution in [0.1, 0.15) is 47.4 Å². The molecule has 0 bridgehead atoms. The first kappa shape index (κ1) is 19.5. The molecule has 0 aliphatic heterocycles. The highest BCUT2D eigenvalue weighted by Gasteiger charge is 2.32. The van der Waals surface area contributed by atoms with Crippen molar-refractivity contribution >= 4 is 5.91 Å². The van der Waals surface area contributed by atoms with Crippen molar-refractivity contribution in [1.82, 2.24) is 20.3 Å². The minimum Gasteiger partial charge on any atom is -0.472 e. The molecule has 0 radical (unpaired) electrons. The number of rotatable bonds is 4. The molecule has 1 amide bonds. The highest BCUT2D eigenvalue weighted by Crippen LogP contribution is 2.27. The number of hydrogen-bond donors (Lipinski definition) is 1.